The van der Waals surface area contributed by atoms with Gasteiger partial charge in [-0.05, 0) is 50.5 Å². The lowest BCUT2D eigenvalue weighted by Gasteiger charge is -2.10. The van der Waals surface area contributed by atoms with Crippen LogP contribution in [0, 0.1) is 0 Å². The second-order valence-corrected chi connectivity index (χ2v) is 15.7. The van der Waals surface area contributed by atoms with Crippen LogP contribution in [0.5, 0.6) is 0 Å². The normalized spacial score (nSPS) is 13.0. The van der Waals surface area contributed by atoms with Gasteiger partial charge in [-0.1, -0.05) is 0 Å². The fourth-order valence-electron chi connectivity index (χ4n) is 1.60. The Kier molecular flexibility index (Phi) is 3.70. The fraction of sp³-hybridized carbons (Fsp3) is 0.333. The van der Waals surface area contributed by atoms with Gasteiger partial charge >= 0.3 is 0 Å². The molecule has 2 heterocycles. The first-order valence-corrected chi connectivity index (χ1v) is 13.4. The Morgan fingerprint density at radius 3 is 1.28 bits per heavy atom. The summed E-state index contributed by atoms with van der Waals surface area (Å²) in [6.07, 6.45) is 0. The highest BCUT2D eigenvalue weighted by molar-refractivity contribution is 7.33. The Labute approximate surface area is 118 Å². The third kappa shape index (κ3) is 3.01. The predicted octanol–water partition coefficient (Wildman–Crippen LogP) is 2.29. The van der Waals surface area contributed by atoms with Gasteiger partial charge in [-0.15, -0.1) is 22.7 Å². The van der Waals surface area contributed by atoms with E-state index >= 15 is 0 Å². The number of rotatable bonds is 3. The first-order valence-electron chi connectivity index (χ1n) is 5.84. The molecule has 0 spiro atoms. The number of thiophene rings is 2. The van der Waals surface area contributed by atoms with Crippen LogP contribution >= 0.6 is 22.7 Å². The smallest absolute Gasteiger partial charge is 0.224 e. The van der Waals surface area contributed by atoms with E-state index in [-0.39, 0.29) is 0 Å². The van der Waals surface area contributed by atoms with Gasteiger partial charge in [-0.3, -0.25) is 0 Å². The van der Waals surface area contributed by atoms with Crippen molar-refractivity contribution in [2.75, 3.05) is 0 Å². The van der Waals surface area contributed by atoms with Gasteiger partial charge in [-0.25, -0.2) is 0 Å². The average Bonchev–Trinajstić information content (AvgIpc) is 2.84. The van der Waals surface area contributed by atoms with Crippen molar-refractivity contribution in [2.45, 2.75) is 26.2 Å². The van der Waals surface area contributed by atoms with Crippen molar-refractivity contribution in [1.29, 1.82) is 0 Å². The molecule has 6 heteroatoms. The second kappa shape index (κ2) is 4.70. The maximum Gasteiger partial charge on any atom is 0.224 e. The van der Waals surface area contributed by atoms with Crippen LogP contribution in [0.4, 0.5) is 0 Å². The lowest BCUT2D eigenvalue weighted by Crippen LogP contribution is -2.39. The van der Waals surface area contributed by atoms with Gasteiger partial charge in [0, 0.05) is 18.8 Å². The van der Waals surface area contributed by atoms with Gasteiger partial charge in [0.2, 0.25) is 16.6 Å². The van der Waals surface area contributed by atoms with Gasteiger partial charge in [0.15, 0.2) is 0 Å². The Morgan fingerprint density at radius 1 is 0.722 bits per heavy atom. The van der Waals surface area contributed by atoms with E-state index in [9.17, 15) is 9.59 Å². The first-order chi connectivity index (χ1) is 8.18. The minimum Gasteiger partial charge on any atom is -0.427 e. The third-order valence-electron chi connectivity index (χ3n) is 2.66. The van der Waals surface area contributed by atoms with Crippen molar-refractivity contribution >= 4 is 48.3 Å². The van der Waals surface area contributed by atoms with E-state index in [1.807, 2.05) is 38.3 Å². The molecule has 0 aromatic carbocycles. The molecule has 0 amide bonds. The monoisotopic (exact) mass is 314 g/mol. The molecule has 98 valence electrons. The lowest BCUT2D eigenvalue weighted by atomic mass is 10.4. The summed E-state index contributed by atoms with van der Waals surface area (Å²) in [7, 11) is -4.39. The van der Waals surface area contributed by atoms with Crippen LogP contribution in [0.2, 0.25) is 26.2 Å². The van der Waals surface area contributed by atoms with Crippen molar-refractivity contribution in [3.8, 4) is 9.75 Å². The van der Waals surface area contributed by atoms with Crippen molar-refractivity contribution < 1.29 is 9.59 Å². The first kappa shape index (κ1) is 14.2. The highest BCUT2D eigenvalue weighted by Gasteiger charge is 2.25. The lowest BCUT2D eigenvalue weighted by molar-refractivity contribution is 0.568. The molecule has 2 nitrogen and oxygen atoms in total. The Morgan fingerprint density at radius 2 is 1.06 bits per heavy atom. The summed E-state index contributed by atoms with van der Waals surface area (Å²) in [4.78, 5) is 22.6. The van der Waals surface area contributed by atoms with Crippen LogP contribution in [0.25, 0.3) is 9.75 Å². The topological polar surface area (TPSA) is 40.5 Å². The Bertz CT molecular complexity index is 497. The van der Waals surface area contributed by atoms with Gasteiger partial charge in [0.1, 0.15) is 0 Å². The number of hydrogen-bond donors (Lipinski definition) is 2. The molecule has 0 fully saturated rings. The zero-order chi connectivity index (χ0) is 13.6. The predicted molar refractivity (Wildman–Crippen MR) is 86.3 cm³/mol. The molecular formula is C12H18O2S2Si2. The Balaban J connectivity index is 2.33. The molecule has 2 rings (SSSR count). The van der Waals surface area contributed by atoms with Crippen molar-refractivity contribution in [3.05, 3.63) is 24.3 Å². The van der Waals surface area contributed by atoms with E-state index in [2.05, 4.69) is 12.1 Å². The maximum absolute atomic E-state index is 10.1. The second-order valence-electron chi connectivity index (χ2n) is 5.45. The van der Waals surface area contributed by atoms with Gasteiger partial charge < -0.3 is 9.59 Å². The molecule has 0 aliphatic carbocycles. The zero-order valence-corrected chi connectivity index (χ0v) is 14.7. The molecular weight excluding hydrogens is 296 g/mol. The number of hydrogen-bond acceptors (Lipinski definition) is 4. The van der Waals surface area contributed by atoms with E-state index in [1.165, 1.54) is 9.75 Å². The summed E-state index contributed by atoms with van der Waals surface area (Å²) in [5.74, 6) is 0. The molecule has 2 aromatic rings. The van der Waals surface area contributed by atoms with Crippen molar-refractivity contribution in [2.24, 2.45) is 0 Å². The summed E-state index contributed by atoms with van der Waals surface area (Å²) in [5, 5.41) is 0. The maximum atomic E-state index is 10.1. The van der Waals surface area contributed by atoms with E-state index in [0.29, 0.717) is 0 Å². The highest BCUT2D eigenvalue weighted by Crippen LogP contribution is 2.29. The molecule has 2 N–H and O–H groups in total. The molecule has 0 unspecified atom stereocenters. The summed E-state index contributed by atoms with van der Waals surface area (Å²) in [5.41, 5.74) is 0. The van der Waals surface area contributed by atoms with E-state index in [0.717, 1.165) is 9.00 Å². The molecule has 2 aromatic heterocycles. The van der Waals surface area contributed by atoms with Crippen LogP contribution in [-0.4, -0.2) is 26.2 Å². The summed E-state index contributed by atoms with van der Waals surface area (Å²) < 4.78 is 2.21. The average molecular weight is 315 g/mol. The molecule has 0 saturated heterocycles. The molecule has 0 bridgehead atoms. The summed E-state index contributed by atoms with van der Waals surface area (Å²) in [6, 6.07) is 8.22. The molecule has 0 aliphatic rings. The van der Waals surface area contributed by atoms with Crippen LogP contribution in [-0.2, 0) is 0 Å². The largest absolute Gasteiger partial charge is 0.427 e. The quantitative estimate of drug-likeness (QED) is 0.854. The third-order valence-corrected chi connectivity index (χ3v) is 11.0. The van der Waals surface area contributed by atoms with E-state index < -0.39 is 16.6 Å². The van der Waals surface area contributed by atoms with Gasteiger partial charge in [0.25, 0.3) is 0 Å². The Hall–Kier alpha value is -0.246. The summed E-state index contributed by atoms with van der Waals surface area (Å²) >= 11 is 3.35. The van der Waals surface area contributed by atoms with Crippen LogP contribution in [0.3, 0.4) is 0 Å². The molecule has 0 saturated carbocycles. The minimum absolute atomic E-state index is 1.10. The van der Waals surface area contributed by atoms with Gasteiger partial charge in [0.05, 0.1) is 0 Å². The summed E-state index contributed by atoms with van der Waals surface area (Å²) in [6.45, 7) is 7.75. The van der Waals surface area contributed by atoms with Gasteiger partial charge in [-0.2, -0.15) is 0 Å². The molecule has 0 atom stereocenters. The SMILES string of the molecule is C[Si](C)(O)c1ccc(-c2ccc([Si](C)(C)O)s2)s1. The van der Waals surface area contributed by atoms with E-state index in [1.54, 1.807) is 22.7 Å². The molecule has 0 radical (unpaired) electrons. The van der Waals surface area contributed by atoms with E-state index in [4.69, 9.17) is 0 Å². The van der Waals surface area contributed by atoms with Crippen molar-refractivity contribution in [1.82, 2.24) is 0 Å². The van der Waals surface area contributed by atoms with Crippen LogP contribution in [0.15, 0.2) is 24.3 Å². The zero-order valence-electron chi connectivity index (χ0n) is 11.0. The van der Waals surface area contributed by atoms with Crippen LogP contribution < -0.4 is 9.00 Å². The highest BCUT2D eigenvalue weighted by atomic mass is 32.1. The van der Waals surface area contributed by atoms with Crippen molar-refractivity contribution in [3.63, 3.8) is 0 Å². The standard InChI is InChI=1S/C12H18O2S2Si2/c1-17(2,13)11-7-5-9(15-11)10-6-8-12(16-10)18(3,4)14/h5-8,13-14H,1-4H3. The fourth-order valence-corrected chi connectivity index (χ4v) is 6.84. The molecule has 18 heavy (non-hydrogen) atoms. The molecule has 0 aliphatic heterocycles. The van der Waals surface area contributed by atoms with Crippen LogP contribution in [0.1, 0.15) is 0 Å². The minimum atomic E-state index is -2.19.